The van der Waals surface area contributed by atoms with Crippen molar-refractivity contribution < 1.29 is 0 Å². The minimum atomic E-state index is -0.0559. The number of rotatable bonds is 9. The Balaban J connectivity index is 1.49. The average molecular weight is 561 g/mol. The summed E-state index contributed by atoms with van der Waals surface area (Å²) in [5.41, 5.74) is 4.53. The van der Waals surface area contributed by atoms with Crippen LogP contribution in [-0.2, 0) is 13.0 Å². The van der Waals surface area contributed by atoms with Gasteiger partial charge in [-0.2, -0.15) is 0 Å². The molecule has 1 N–H and O–H groups in total. The molecule has 0 spiro atoms. The first-order valence-corrected chi connectivity index (χ1v) is 13.2. The number of nitrogens with one attached hydrogen (secondary N) is 1. The van der Waals surface area contributed by atoms with E-state index in [1.165, 1.54) is 0 Å². The zero-order chi connectivity index (χ0) is 25.9. The molecule has 0 amide bonds. The Kier molecular flexibility index (Phi) is 7.18. The van der Waals surface area contributed by atoms with Gasteiger partial charge in [-0.1, -0.05) is 43.7 Å². The molecule has 5 aromatic rings. The molecule has 10 heteroatoms. The number of H-pyrrole nitrogens is 1. The van der Waals surface area contributed by atoms with Crippen LogP contribution in [0.5, 0.6) is 0 Å². The summed E-state index contributed by atoms with van der Waals surface area (Å²) >= 11 is 3.65. The highest BCUT2D eigenvalue weighted by Gasteiger charge is 2.19. The third-order valence-corrected chi connectivity index (χ3v) is 7.06. The molecule has 0 aliphatic rings. The van der Waals surface area contributed by atoms with E-state index >= 15 is 0 Å². The molecule has 1 aromatic carbocycles. The predicted octanol–water partition coefficient (Wildman–Crippen LogP) is 5.42. The van der Waals surface area contributed by atoms with E-state index in [-0.39, 0.29) is 11.7 Å². The van der Waals surface area contributed by atoms with Crippen LogP contribution in [0.25, 0.3) is 28.5 Å². The lowest BCUT2D eigenvalue weighted by Gasteiger charge is -2.13. The van der Waals surface area contributed by atoms with Crippen molar-refractivity contribution in [3.05, 3.63) is 87.3 Å². The van der Waals surface area contributed by atoms with Crippen LogP contribution in [0, 0.1) is 0 Å². The largest absolute Gasteiger partial charge is 0.334 e. The molecule has 0 atom stereocenters. The van der Waals surface area contributed by atoms with Gasteiger partial charge < -0.3 is 4.57 Å². The van der Waals surface area contributed by atoms with Crippen LogP contribution in [0.1, 0.15) is 50.9 Å². The fourth-order valence-electron chi connectivity index (χ4n) is 4.52. The lowest BCUT2D eigenvalue weighted by Crippen LogP contribution is -2.26. The SMILES string of the molecule is CCCCc1cn(-c2c(Br)ccn2C(C)C)c(=O)n1Cc1ccc(-c2ccccc2-c2nnn[nH]2)nc1. The number of hydrogen-bond acceptors (Lipinski definition) is 5. The number of imidazole rings is 1. The van der Waals surface area contributed by atoms with Gasteiger partial charge in [-0.05, 0) is 70.7 Å². The third kappa shape index (κ3) is 4.93. The van der Waals surface area contributed by atoms with Crippen molar-refractivity contribution in [3.63, 3.8) is 0 Å². The molecule has 0 saturated carbocycles. The van der Waals surface area contributed by atoms with Gasteiger partial charge in [-0.15, -0.1) is 5.10 Å². The van der Waals surface area contributed by atoms with Crippen LogP contribution in [-0.4, -0.2) is 39.3 Å². The highest BCUT2D eigenvalue weighted by molar-refractivity contribution is 9.10. The summed E-state index contributed by atoms with van der Waals surface area (Å²) in [6.07, 6.45) is 8.74. The molecule has 0 unspecified atom stereocenters. The van der Waals surface area contributed by atoms with Crippen LogP contribution in [0.2, 0.25) is 0 Å². The van der Waals surface area contributed by atoms with Crippen LogP contribution in [0.15, 0.2) is 70.3 Å². The molecule has 190 valence electrons. The minimum Gasteiger partial charge on any atom is -0.331 e. The van der Waals surface area contributed by atoms with Crippen molar-refractivity contribution in [1.29, 1.82) is 0 Å². The number of halogens is 1. The Morgan fingerprint density at radius 1 is 1.08 bits per heavy atom. The normalized spacial score (nSPS) is 11.5. The second-order valence-electron chi connectivity index (χ2n) is 9.30. The fraction of sp³-hybridized carbons (Fsp3) is 0.296. The van der Waals surface area contributed by atoms with Crippen molar-refractivity contribution in [2.75, 3.05) is 0 Å². The summed E-state index contributed by atoms with van der Waals surface area (Å²) < 4.78 is 6.63. The average Bonchev–Trinajstić information content (AvgIpc) is 3.64. The van der Waals surface area contributed by atoms with Crippen molar-refractivity contribution >= 4 is 15.9 Å². The number of hydrogen-bond donors (Lipinski definition) is 1. The van der Waals surface area contributed by atoms with E-state index in [2.05, 4.69) is 61.9 Å². The molecular formula is C27H29BrN8O. The molecule has 0 fully saturated rings. The van der Waals surface area contributed by atoms with Crippen molar-refractivity contribution in [2.24, 2.45) is 0 Å². The van der Waals surface area contributed by atoms with Gasteiger partial charge in [-0.3, -0.25) is 14.1 Å². The number of tetrazole rings is 1. The number of aromatic nitrogens is 8. The van der Waals surface area contributed by atoms with Gasteiger partial charge in [0.05, 0.1) is 16.7 Å². The van der Waals surface area contributed by atoms with E-state index in [1.807, 2.05) is 65.6 Å². The van der Waals surface area contributed by atoms with Gasteiger partial charge in [0.2, 0.25) is 0 Å². The molecule has 37 heavy (non-hydrogen) atoms. The first-order chi connectivity index (χ1) is 18.0. The van der Waals surface area contributed by atoms with Gasteiger partial charge in [0.15, 0.2) is 5.82 Å². The van der Waals surface area contributed by atoms with E-state index in [0.29, 0.717) is 12.4 Å². The molecule has 0 bridgehead atoms. The standard InChI is InChI=1S/C27H29BrN8O/c1-4-5-8-20-17-36(26-23(28)13-14-34(26)18(2)3)27(37)35(20)16-19-11-12-24(29-15-19)21-9-6-7-10-22(21)25-30-32-33-31-25/h6-7,9-15,17-18H,4-5,8,16H2,1-3H3,(H,30,31,32,33). The summed E-state index contributed by atoms with van der Waals surface area (Å²) in [6.45, 7) is 6.83. The van der Waals surface area contributed by atoms with E-state index in [1.54, 1.807) is 4.57 Å². The fourth-order valence-corrected chi connectivity index (χ4v) is 5.04. The number of aromatic amines is 1. The summed E-state index contributed by atoms with van der Waals surface area (Å²) in [7, 11) is 0. The van der Waals surface area contributed by atoms with Crippen LogP contribution in [0.4, 0.5) is 0 Å². The Morgan fingerprint density at radius 3 is 2.57 bits per heavy atom. The Morgan fingerprint density at radius 2 is 1.89 bits per heavy atom. The molecule has 0 saturated heterocycles. The lowest BCUT2D eigenvalue weighted by atomic mass is 10.0. The summed E-state index contributed by atoms with van der Waals surface area (Å²) in [4.78, 5) is 18.4. The van der Waals surface area contributed by atoms with Gasteiger partial charge in [0, 0.05) is 41.5 Å². The molecule has 0 radical (unpaired) electrons. The van der Waals surface area contributed by atoms with Crippen LogP contribution < -0.4 is 5.69 Å². The molecular weight excluding hydrogens is 532 g/mol. The van der Waals surface area contributed by atoms with Crippen LogP contribution in [0.3, 0.4) is 0 Å². The van der Waals surface area contributed by atoms with E-state index in [0.717, 1.165) is 57.6 Å². The summed E-state index contributed by atoms with van der Waals surface area (Å²) in [5, 5.41) is 14.3. The number of pyridine rings is 1. The van der Waals surface area contributed by atoms with Gasteiger partial charge in [0.25, 0.3) is 0 Å². The Labute approximate surface area is 223 Å². The predicted molar refractivity (Wildman–Crippen MR) is 147 cm³/mol. The quantitative estimate of drug-likeness (QED) is 0.259. The first-order valence-electron chi connectivity index (χ1n) is 12.4. The maximum Gasteiger partial charge on any atom is 0.334 e. The van der Waals surface area contributed by atoms with E-state index < -0.39 is 0 Å². The second-order valence-corrected chi connectivity index (χ2v) is 10.2. The number of benzene rings is 1. The van der Waals surface area contributed by atoms with Crippen LogP contribution >= 0.6 is 15.9 Å². The maximum atomic E-state index is 13.7. The Hall–Kier alpha value is -3.79. The Bertz CT molecular complexity index is 1540. The highest BCUT2D eigenvalue weighted by Crippen LogP contribution is 2.29. The van der Waals surface area contributed by atoms with E-state index in [9.17, 15) is 4.79 Å². The van der Waals surface area contributed by atoms with Crippen molar-refractivity contribution in [3.8, 4) is 28.5 Å². The zero-order valence-corrected chi connectivity index (χ0v) is 22.7. The molecule has 9 nitrogen and oxygen atoms in total. The molecule has 5 rings (SSSR count). The zero-order valence-electron chi connectivity index (χ0n) is 21.1. The number of unbranched alkanes of at least 4 members (excludes halogenated alkanes) is 1. The van der Waals surface area contributed by atoms with Crippen molar-refractivity contribution in [2.45, 2.75) is 52.6 Å². The molecule has 4 aromatic heterocycles. The summed E-state index contributed by atoms with van der Waals surface area (Å²) in [5.74, 6) is 1.44. The van der Waals surface area contributed by atoms with Gasteiger partial charge in [0.1, 0.15) is 5.82 Å². The van der Waals surface area contributed by atoms with Crippen molar-refractivity contribution in [1.82, 2.24) is 39.3 Å². The third-order valence-electron chi connectivity index (χ3n) is 6.44. The smallest absolute Gasteiger partial charge is 0.331 e. The van der Waals surface area contributed by atoms with E-state index in [4.69, 9.17) is 4.98 Å². The number of nitrogens with zero attached hydrogens (tertiary/aromatic N) is 7. The molecule has 0 aliphatic carbocycles. The second kappa shape index (κ2) is 10.7. The first kappa shape index (κ1) is 24.9. The minimum absolute atomic E-state index is 0.0559. The maximum absolute atomic E-state index is 13.7. The van der Waals surface area contributed by atoms with Gasteiger partial charge >= 0.3 is 5.69 Å². The molecule has 0 aliphatic heterocycles. The van der Waals surface area contributed by atoms with Gasteiger partial charge in [-0.25, -0.2) is 9.89 Å². The number of aryl methyl sites for hydroxylation is 1. The topological polar surface area (TPSA) is 99.2 Å². The summed E-state index contributed by atoms with van der Waals surface area (Å²) in [6, 6.07) is 14.1. The lowest BCUT2D eigenvalue weighted by molar-refractivity contribution is 0.582. The highest BCUT2D eigenvalue weighted by atomic mass is 79.9. The monoisotopic (exact) mass is 560 g/mol. The molecule has 4 heterocycles.